The number of esters is 1. The Morgan fingerprint density at radius 3 is 2.26 bits per heavy atom. The molecular formula is C21H16BrN3O2. The van der Waals surface area contributed by atoms with Crippen LogP contribution in [-0.4, -0.2) is 18.1 Å². The van der Waals surface area contributed by atoms with Crippen LogP contribution in [0.25, 0.3) is 22.4 Å². The molecule has 1 heterocycles. The van der Waals surface area contributed by atoms with Gasteiger partial charge in [-0.05, 0) is 42.3 Å². The Labute approximate surface area is 165 Å². The number of nitriles is 1. The maximum Gasteiger partial charge on any atom is 0.337 e. The molecule has 0 aliphatic rings. The van der Waals surface area contributed by atoms with Gasteiger partial charge in [-0.15, -0.1) is 0 Å². The number of pyridine rings is 1. The molecule has 2 aromatic carbocycles. The minimum Gasteiger partial charge on any atom is -0.465 e. The van der Waals surface area contributed by atoms with E-state index in [-0.39, 0.29) is 5.82 Å². The minimum atomic E-state index is -0.413. The highest BCUT2D eigenvalue weighted by Crippen LogP contribution is 2.36. The van der Waals surface area contributed by atoms with Crippen molar-refractivity contribution in [3.05, 3.63) is 69.7 Å². The van der Waals surface area contributed by atoms with Gasteiger partial charge < -0.3 is 10.5 Å². The summed E-state index contributed by atoms with van der Waals surface area (Å²) in [6.45, 7) is 1.91. The molecule has 27 heavy (non-hydrogen) atoms. The van der Waals surface area contributed by atoms with Crippen molar-refractivity contribution in [2.45, 2.75) is 6.92 Å². The van der Waals surface area contributed by atoms with Gasteiger partial charge in [0, 0.05) is 15.6 Å². The van der Waals surface area contributed by atoms with Crippen molar-refractivity contribution in [2.24, 2.45) is 0 Å². The van der Waals surface area contributed by atoms with E-state index in [1.807, 2.05) is 31.2 Å². The molecule has 3 rings (SSSR count). The van der Waals surface area contributed by atoms with Crippen molar-refractivity contribution >= 4 is 27.7 Å². The van der Waals surface area contributed by atoms with E-state index >= 15 is 0 Å². The van der Waals surface area contributed by atoms with Crippen LogP contribution < -0.4 is 5.73 Å². The lowest BCUT2D eigenvalue weighted by Crippen LogP contribution is -2.04. The van der Waals surface area contributed by atoms with Gasteiger partial charge in [-0.2, -0.15) is 5.26 Å². The Morgan fingerprint density at radius 1 is 1.11 bits per heavy atom. The molecule has 2 N–H and O–H groups in total. The number of nitrogens with two attached hydrogens (primary N) is 1. The Bertz CT molecular complexity index is 1050. The van der Waals surface area contributed by atoms with E-state index in [4.69, 9.17) is 10.5 Å². The van der Waals surface area contributed by atoms with Gasteiger partial charge in [-0.25, -0.2) is 9.78 Å². The standard InChI is InChI=1S/C21H16BrN3O2/c1-12-18(13-3-5-15(6-4-13)21(26)27-2)17(11-23)20(24)25-19(12)14-7-9-16(22)10-8-14/h3-10H,1-2H3,(H2,24,25). The second-order valence-electron chi connectivity index (χ2n) is 5.91. The number of rotatable bonds is 3. The molecule has 134 valence electrons. The lowest BCUT2D eigenvalue weighted by Gasteiger charge is -2.15. The molecule has 1 aromatic heterocycles. The summed E-state index contributed by atoms with van der Waals surface area (Å²) in [6, 6.07) is 16.8. The predicted octanol–water partition coefficient (Wildman–Crippen LogP) is 4.73. The van der Waals surface area contributed by atoms with E-state index in [0.29, 0.717) is 22.4 Å². The van der Waals surface area contributed by atoms with Crippen LogP contribution in [0.4, 0.5) is 5.82 Å². The van der Waals surface area contributed by atoms with E-state index in [0.717, 1.165) is 21.2 Å². The lowest BCUT2D eigenvalue weighted by molar-refractivity contribution is 0.0601. The molecule has 6 heteroatoms. The number of nitrogen functional groups attached to an aromatic ring is 1. The number of methoxy groups -OCH3 is 1. The van der Waals surface area contributed by atoms with Gasteiger partial charge in [-0.3, -0.25) is 0 Å². The molecule has 5 nitrogen and oxygen atoms in total. The molecule has 0 aliphatic carbocycles. The minimum absolute atomic E-state index is 0.174. The summed E-state index contributed by atoms with van der Waals surface area (Å²) in [5.41, 5.74) is 10.8. The van der Waals surface area contributed by atoms with Crippen LogP contribution >= 0.6 is 15.9 Å². The highest BCUT2D eigenvalue weighted by Gasteiger charge is 2.18. The largest absolute Gasteiger partial charge is 0.465 e. The summed E-state index contributed by atoms with van der Waals surface area (Å²) in [4.78, 5) is 16.1. The van der Waals surface area contributed by atoms with Crippen LogP contribution in [-0.2, 0) is 4.74 Å². The molecule has 3 aromatic rings. The third-order valence-electron chi connectivity index (χ3n) is 4.29. The smallest absolute Gasteiger partial charge is 0.337 e. The number of aromatic nitrogens is 1. The molecule has 0 aliphatic heterocycles. The number of benzene rings is 2. The highest BCUT2D eigenvalue weighted by molar-refractivity contribution is 9.10. The van der Waals surface area contributed by atoms with E-state index in [9.17, 15) is 10.1 Å². The first kappa shape index (κ1) is 18.6. The first-order valence-corrected chi connectivity index (χ1v) is 8.90. The van der Waals surface area contributed by atoms with Crippen LogP contribution in [0.1, 0.15) is 21.5 Å². The van der Waals surface area contributed by atoms with Gasteiger partial charge >= 0.3 is 5.97 Å². The number of hydrogen-bond donors (Lipinski definition) is 1. The number of hydrogen-bond acceptors (Lipinski definition) is 5. The summed E-state index contributed by atoms with van der Waals surface area (Å²) >= 11 is 3.42. The van der Waals surface area contributed by atoms with Gasteiger partial charge in [0.2, 0.25) is 0 Å². The second-order valence-corrected chi connectivity index (χ2v) is 6.82. The van der Waals surface area contributed by atoms with Crippen molar-refractivity contribution in [1.82, 2.24) is 4.98 Å². The zero-order chi connectivity index (χ0) is 19.6. The summed E-state index contributed by atoms with van der Waals surface area (Å²) in [5.74, 6) is -0.239. The summed E-state index contributed by atoms with van der Waals surface area (Å²) < 4.78 is 5.69. The Hall–Kier alpha value is -3.17. The number of carbonyl (C=O) groups is 1. The molecule has 0 unspecified atom stereocenters. The summed E-state index contributed by atoms with van der Waals surface area (Å²) in [6.07, 6.45) is 0. The lowest BCUT2D eigenvalue weighted by atomic mass is 9.92. The first-order chi connectivity index (χ1) is 13.0. The van der Waals surface area contributed by atoms with Crippen molar-refractivity contribution < 1.29 is 9.53 Å². The van der Waals surface area contributed by atoms with Gasteiger partial charge in [-0.1, -0.05) is 40.2 Å². The van der Waals surface area contributed by atoms with Gasteiger partial charge in [0.1, 0.15) is 17.5 Å². The highest BCUT2D eigenvalue weighted by atomic mass is 79.9. The monoisotopic (exact) mass is 421 g/mol. The van der Waals surface area contributed by atoms with E-state index < -0.39 is 5.97 Å². The van der Waals surface area contributed by atoms with Crippen molar-refractivity contribution in [3.63, 3.8) is 0 Å². The third kappa shape index (κ3) is 3.55. The molecule has 0 fully saturated rings. The fourth-order valence-corrected chi connectivity index (χ4v) is 3.21. The Kier molecular flexibility index (Phi) is 5.24. The molecule has 0 saturated heterocycles. The van der Waals surface area contributed by atoms with Crippen molar-refractivity contribution in [3.8, 4) is 28.5 Å². The van der Waals surface area contributed by atoms with Gasteiger partial charge in [0.15, 0.2) is 0 Å². The third-order valence-corrected chi connectivity index (χ3v) is 4.82. The molecular weight excluding hydrogens is 406 g/mol. The number of carbonyl (C=O) groups excluding carboxylic acids is 1. The molecule has 0 radical (unpaired) electrons. The van der Waals surface area contributed by atoms with Crippen LogP contribution in [0.15, 0.2) is 53.0 Å². The maximum absolute atomic E-state index is 11.7. The number of halogens is 1. The zero-order valence-electron chi connectivity index (χ0n) is 14.8. The van der Waals surface area contributed by atoms with Crippen LogP contribution in [0.3, 0.4) is 0 Å². The van der Waals surface area contributed by atoms with E-state index in [1.54, 1.807) is 24.3 Å². The van der Waals surface area contributed by atoms with Crippen LogP contribution in [0.5, 0.6) is 0 Å². The zero-order valence-corrected chi connectivity index (χ0v) is 16.4. The van der Waals surface area contributed by atoms with E-state index in [1.165, 1.54) is 7.11 Å². The quantitative estimate of drug-likeness (QED) is 0.617. The Balaban J connectivity index is 2.21. The van der Waals surface area contributed by atoms with E-state index in [2.05, 4.69) is 27.0 Å². The molecule has 0 amide bonds. The fraction of sp³-hybridized carbons (Fsp3) is 0.0952. The summed E-state index contributed by atoms with van der Waals surface area (Å²) in [7, 11) is 1.34. The number of ether oxygens (including phenoxy) is 1. The maximum atomic E-state index is 11.7. The van der Waals surface area contributed by atoms with Crippen LogP contribution in [0, 0.1) is 18.3 Å². The van der Waals surface area contributed by atoms with Crippen molar-refractivity contribution in [1.29, 1.82) is 5.26 Å². The molecule has 0 saturated carbocycles. The summed E-state index contributed by atoms with van der Waals surface area (Å²) in [5, 5.41) is 9.61. The fourth-order valence-electron chi connectivity index (χ4n) is 2.95. The van der Waals surface area contributed by atoms with Crippen molar-refractivity contribution in [2.75, 3.05) is 12.8 Å². The molecule has 0 bridgehead atoms. The van der Waals surface area contributed by atoms with Gasteiger partial charge in [0.25, 0.3) is 0 Å². The second kappa shape index (κ2) is 7.60. The Morgan fingerprint density at radius 2 is 1.70 bits per heavy atom. The molecule has 0 spiro atoms. The number of anilines is 1. The topological polar surface area (TPSA) is 89.0 Å². The predicted molar refractivity (Wildman–Crippen MR) is 108 cm³/mol. The normalized spacial score (nSPS) is 10.3. The van der Waals surface area contributed by atoms with Gasteiger partial charge in [0.05, 0.1) is 18.4 Å². The first-order valence-electron chi connectivity index (χ1n) is 8.11. The SMILES string of the molecule is COC(=O)c1ccc(-c2c(C)c(-c3ccc(Br)cc3)nc(N)c2C#N)cc1. The molecule has 0 atom stereocenters. The van der Waals surface area contributed by atoms with Crippen LogP contribution in [0.2, 0.25) is 0 Å². The number of nitrogens with zero attached hydrogens (tertiary/aromatic N) is 2. The average Bonchev–Trinajstić information content (AvgIpc) is 2.69. The average molecular weight is 422 g/mol.